The Hall–Kier alpha value is -1.01. The minimum atomic E-state index is -0.679. The van der Waals surface area contributed by atoms with Gasteiger partial charge >= 0.3 is 0 Å². The van der Waals surface area contributed by atoms with Gasteiger partial charge in [-0.05, 0) is 18.8 Å². The maximum atomic E-state index is 10.2. The van der Waals surface area contributed by atoms with Gasteiger partial charge in [-0.3, -0.25) is 4.99 Å². The summed E-state index contributed by atoms with van der Waals surface area (Å²) >= 11 is 6.30. The molecule has 0 bridgehead atoms. The quantitative estimate of drug-likeness (QED) is 0.719. The molecule has 1 saturated carbocycles. The lowest BCUT2D eigenvalue weighted by atomic mass is 9.77. The van der Waals surface area contributed by atoms with Crippen molar-refractivity contribution in [2.24, 2.45) is 15.9 Å². The van der Waals surface area contributed by atoms with Gasteiger partial charge in [0, 0.05) is 0 Å². The van der Waals surface area contributed by atoms with E-state index in [4.69, 9.17) is 11.8 Å². The van der Waals surface area contributed by atoms with Crippen LogP contribution in [0.15, 0.2) is 33.8 Å². The second-order valence-corrected chi connectivity index (χ2v) is 5.17. The van der Waals surface area contributed by atoms with Crippen LogP contribution < -0.4 is 0 Å². The average molecular weight is 255 g/mol. The monoisotopic (exact) mass is 254 g/mol. The van der Waals surface area contributed by atoms with E-state index in [2.05, 4.69) is 9.98 Å². The second-order valence-electron chi connectivity index (χ2n) is 4.61. The van der Waals surface area contributed by atoms with Crippen molar-refractivity contribution >= 4 is 24.3 Å². The van der Waals surface area contributed by atoms with E-state index in [-0.39, 0.29) is 16.0 Å². The Morgan fingerprint density at radius 1 is 1.47 bits per heavy atom. The molecule has 0 spiro atoms. The molecule has 0 amide bonds. The minimum absolute atomic E-state index is 0.0622. The molecule has 5 nitrogen and oxygen atoms in total. The Kier molecular flexibility index (Phi) is 2.45. The molecule has 2 unspecified atom stereocenters. The summed E-state index contributed by atoms with van der Waals surface area (Å²) in [6.45, 7) is 0. The van der Waals surface area contributed by atoms with Crippen molar-refractivity contribution in [3.05, 3.63) is 23.8 Å². The van der Waals surface area contributed by atoms with Gasteiger partial charge in [-0.2, -0.15) is 4.99 Å². The summed E-state index contributed by atoms with van der Waals surface area (Å²) in [6.07, 6.45) is 6.73. The van der Waals surface area contributed by atoms with E-state index < -0.39 is 6.10 Å². The second kappa shape index (κ2) is 3.74. The van der Waals surface area contributed by atoms with Gasteiger partial charge < -0.3 is 10.2 Å². The maximum absolute atomic E-state index is 10.2. The van der Waals surface area contributed by atoms with Crippen molar-refractivity contribution in [3.63, 3.8) is 0 Å². The zero-order valence-electron chi connectivity index (χ0n) is 9.07. The molecular formula is C11H13ClN3O2+. The SMILES string of the molecule is OC1CC(C(O)C2=C3C=NC=C[N+]3(Cl)C=N2)C1. The predicted molar refractivity (Wildman–Crippen MR) is 64.0 cm³/mol. The Bertz CT molecular complexity index is 465. The van der Waals surface area contributed by atoms with E-state index >= 15 is 0 Å². The van der Waals surface area contributed by atoms with E-state index in [1.807, 2.05) is 0 Å². The molecule has 2 atom stereocenters. The smallest absolute Gasteiger partial charge is 0.218 e. The molecule has 2 N–H and O–H groups in total. The van der Waals surface area contributed by atoms with Gasteiger partial charge in [0.15, 0.2) is 11.8 Å². The predicted octanol–water partition coefficient (Wildman–Crippen LogP) is 0.898. The molecule has 6 heteroatoms. The molecule has 3 aliphatic rings. The molecule has 0 aromatic carbocycles. The third kappa shape index (κ3) is 1.66. The Balaban J connectivity index is 1.88. The van der Waals surface area contributed by atoms with Crippen LogP contribution in [0.2, 0.25) is 0 Å². The lowest BCUT2D eigenvalue weighted by molar-refractivity contribution is -0.592. The first-order valence-electron chi connectivity index (χ1n) is 5.55. The van der Waals surface area contributed by atoms with Gasteiger partial charge in [-0.15, -0.1) is 4.00 Å². The minimum Gasteiger partial charge on any atom is -0.393 e. The first-order valence-corrected chi connectivity index (χ1v) is 5.89. The van der Waals surface area contributed by atoms with Crippen LogP contribution in [0.25, 0.3) is 0 Å². The number of nitrogens with zero attached hydrogens (tertiary/aromatic N) is 3. The van der Waals surface area contributed by atoms with Crippen molar-refractivity contribution < 1.29 is 14.2 Å². The zero-order chi connectivity index (χ0) is 12.0. The molecule has 1 aliphatic carbocycles. The van der Waals surface area contributed by atoms with Crippen LogP contribution >= 0.6 is 11.8 Å². The molecule has 3 rings (SSSR count). The fourth-order valence-corrected chi connectivity index (χ4v) is 2.54. The highest BCUT2D eigenvalue weighted by atomic mass is 35.5. The number of hydrogen-bond donors (Lipinski definition) is 2. The zero-order valence-corrected chi connectivity index (χ0v) is 9.83. The van der Waals surface area contributed by atoms with Crippen molar-refractivity contribution in [3.8, 4) is 0 Å². The number of aliphatic hydroxyl groups excluding tert-OH is 2. The Morgan fingerprint density at radius 2 is 2.24 bits per heavy atom. The van der Waals surface area contributed by atoms with Gasteiger partial charge in [0.25, 0.3) is 0 Å². The van der Waals surface area contributed by atoms with E-state index in [9.17, 15) is 10.2 Å². The summed E-state index contributed by atoms with van der Waals surface area (Å²) in [5.41, 5.74) is 1.24. The number of fused-ring (bicyclic) bond motifs is 1. The third-order valence-corrected chi connectivity index (χ3v) is 3.82. The fourth-order valence-electron chi connectivity index (χ4n) is 2.31. The van der Waals surface area contributed by atoms with Crippen molar-refractivity contribution in [2.75, 3.05) is 0 Å². The standard InChI is InChI=1S/C11H13ClN3O2/c12-15-2-1-13-5-9(15)10(14-6-15)11(17)7-3-8(16)4-7/h1-2,5-8,11,16-17H,3-4H2/q+1. The normalized spacial score (nSPS) is 40.4. The van der Waals surface area contributed by atoms with Crippen LogP contribution in [0.3, 0.4) is 0 Å². The molecular weight excluding hydrogens is 242 g/mol. The van der Waals surface area contributed by atoms with E-state index in [0.29, 0.717) is 24.2 Å². The third-order valence-electron chi connectivity index (χ3n) is 3.44. The number of aliphatic hydroxyl groups is 2. The van der Waals surface area contributed by atoms with Crippen molar-refractivity contribution in [2.45, 2.75) is 25.0 Å². The first kappa shape index (κ1) is 11.1. The average Bonchev–Trinajstić information content (AvgIpc) is 2.61. The number of aliphatic imine (C=N–C) groups is 2. The van der Waals surface area contributed by atoms with Crippen LogP contribution in [0.1, 0.15) is 12.8 Å². The van der Waals surface area contributed by atoms with E-state index in [1.165, 1.54) is 0 Å². The van der Waals surface area contributed by atoms with Gasteiger partial charge in [-0.25, -0.2) is 0 Å². The Labute approximate surface area is 104 Å². The molecule has 17 heavy (non-hydrogen) atoms. The highest BCUT2D eigenvalue weighted by molar-refractivity contribution is 6.14. The molecule has 1 fully saturated rings. The summed E-state index contributed by atoms with van der Waals surface area (Å²) in [6, 6.07) is 0. The van der Waals surface area contributed by atoms with Gasteiger partial charge in [0.1, 0.15) is 18.0 Å². The van der Waals surface area contributed by atoms with E-state index in [0.717, 1.165) is 0 Å². The highest BCUT2D eigenvalue weighted by Gasteiger charge is 2.44. The Morgan fingerprint density at radius 3 is 2.94 bits per heavy atom. The van der Waals surface area contributed by atoms with E-state index in [1.54, 1.807) is 25.0 Å². The van der Waals surface area contributed by atoms with Crippen LogP contribution in [-0.2, 0) is 0 Å². The summed E-state index contributed by atoms with van der Waals surface area (Å²) < 4.78 is -0.0643. The fraction of sp³-hybridized carbons (Fsp3) is 0.455. The number of halogens is 1. The number of allylic oxidation sites excluding steroid dienone is 1. The molecule has 0 aromatic rings. The number of hydrogen-bond acceptors (Lipinski definition) is 4. The van der Waals surface area contributed by atoms with Crippen molar-refractivity contribution in [1.82, 2.24) is 0 Å². The summed E-state index contributed by atoms with van der Waals surface area (Å²) in [7, 11) is 0. The van der Waals surface area contributed by atoms with Gasteiger partial charge in [0.05, 0.1) is 18.5 Å². The van der Waals surface area contributed by atoms with Crippen LogP contribution in [0.5, 0.6) is 0 Å². The van der Waals surface area contributed by atoms with Crippen LogP contribution in [0, 0.1) is 5.92 Å². The lowest BCUT2D eigenvalue weighted by Gasteiger charge is -2.34. The summed E-state index contributed by atoms with van der Waals surface area (Å²) in [5.74, 6) is 0.0622. The summed E-state index contributed by atoms with van der Waals surface area (Å²) in [4.78, 5) is 8.21. The topological polar surface area (TPSA) is 65.2 Å². The van der Waals surface area contributed by atoms with Gasteiger partial charge in [-0.1, -0.05) is 0 Å². The van der Waals surface area contributed by atoms with Crippen molar-refractivity contribution in [1.29, 1.82) is 0 Å². The molecule has 0 aromatic heterocycles. The van der Waals surface area contributed by atoms with Crippen LogP contribution in [-0.4, -0.2) is 39.0 Å². The first-order chi connectivity index (χ1) is 8.10. The molecule has 2 heterocycles. The largest absolute Gasteiger partial charge is 0.393 e. The molecule has 0 saturated heterocycles. The lowest BCUT2D eigenvalue weighted by Crippen LogP contribution is -2.38. The summed E-state index contributed by atoms with van der Waals surface area (Å²) in [5, 5.41) is 19.5. The molecule has 2 aliphatic heterocycles. The van der Waals surface area contributed by atoms with Crippen LogP contribution in [0.4, 0.5) is 0 Å². The number of rotatable bonds is 2. The van der Waals surface area contributed by atoms with Gasteiger partial charge in [0.2, 0.25) is 12.0 Å². The molecule has 90 valence electrons. The number of quaternary nitrogens is 1. The maximum Gasteiger partial charge on any atom is 0.218 e. The molecule has 0 radical (unpaired) electrons. The highest BCUT2D eigenvalue weighted by Crippen LogP contribution is 2.39.